The Hall–Kier alpha value is -1.84. The highest BCUT2D eigenvalue weighted by Gasteiger charge is 2.21. The van der Waals surface area contributed by atoms with Gasteiger partial charge in [0.25, 0.3) is 0 Å². The first kappa shape index (κ1) is 16.0. The molecule has 0 heterocycles. The number of benzene rings is 2. The Kier molecular flexibility index (Phi) is 4.42. The van der Waals surface area contributed by atoms with Crippen molar-refractivity contribution < 1.29 is 17.6 Å². The number of aryl methyl sites for hydroxylation is 1. The molecule has 1 unspecified atom stereocenters. The van der Waals surface area contributed by atoms with Crippen molar-refractivity contribution in [3.8, 4) is 11.1 Å². The van der Waals surface area contributed by atoms with Crippen LogP contribution in [0.4, 0.5) is 17.6 Å². The third-order valence-corrected chi connectivity index (χ3v) is 4.61. The second kappa shape index (κ2) is 6.34. The lowest BCUT2D eigenvalue weighted by Crippen LogP contribution is -2.14. The number of halogens is 4. The Bertz CT molecular complexity index is 713. The standard InChI is InChI=1S/C19H18F4/c1-2-3-11-4-5-12-7-15(16(20)8-13(12)6-11)14-9-17(21)19(23)18(22)10-14/h7-11H,2-6H2,1H3. The molecule has 0 aliphatic heterocycles. The first-order chi connectivity index (χ1) is 11.0. The van der Waals surface area contributed by atoms with Crippen LogP contribution in [0.1, 0.15) is 37.3 Å². The first-order valence-electron chi connectivity index (χ1n) is 7.95. The Morgan fingerprint density at radius 3 is 2.26 bits per heavy atom. The van der Waals surface area contributed by atoms with Gasteiger partial charge in [0.2, 0.25) is 0 Å². The van der Waals surface area contributed by atoms with Gasteiger partial charge in [-0.05, 0) is 66.1 Å². The van der Waals surface area contributed by atoms with Crippen LogP contribution in [0.2, 0.25) is 0 Å². The van der Waals surface area contributed by atoms with Gasteiger partial charge in [0.15, 0.2) is 17.5 Å². The largest absolute Gasteiger partial charge is 0.206 e. The second-order valence-electron chi connectivity index (χ2n) is 6.25. The van der Waals surface area contributed by atoms with E-state index < -0.39 is 23.3 Å². The summed E-state index contributed by atoms with van der Waals surface area (Å²) in [6.45, 7) is 2.14. The maximum atomic E-state index is 14.4. The molecule has 0 nitrogen and oxygen atoms in total. The summed E-state index contributed by atoms with van der Waals surface area (Å²) in [5.74, 6) is -4.10. The lowest BCUT2D eigenvalue weighted by atomic mass is 9.80. The van der Waals surface area contributed by atoms with Crippen molar-refractivity contribution >= 4 is 0 Å². The molecular weight excluding hydrogens is 304 g/mol. The molecule has 2 aromatic carbocycles. The highest BCUT2D eigenvalue weighted by atomic mass is 19.2. The highest BCUT2D eigenvalue weighted by molar-refractivity contribution is 5.66. The fraction of sp³-hybridized carbons (Fsp3) is 0.368. The number of fused-ring (bicyclic) bond motifs is 1. The van der Waals surface area contributed by atoms with E-state index in [1.165, 1.54) is 6.07 Å². The molecule has 0 amide bonds. The molecule has 3 rings (SSSR count). The average Bonchev–Trinajstić information content (AvgIpc) is 2.51. The predicted octanol–water partition coefficient (Wildman–Crippen LogP) is 5.82. The van der Waals surface area contributed by atoms with Gasteiger partial charge in [-0.15, -0.1) is 0 Å². The van der Waals surface area contributed by atoms with Gasteiger partial charge in [0.05, 0.1) is 0 Å². The monoisotopic (exact) mass is 322 g/mol. The van der Waals surface area contributed by atoms with Crippen LogP contribution in [0.15, 0.2) is 24.3 Å². The van der Waals surface area contributed by atoms with Gasteiger partial charge in [-0.3, -0.25) is 0 Å². The van der Waals surface area contributed by atoms with E-state index in [9.17, 15) is 17.6 Å². The van der Waals surface area contributed by atoms with Gasteiger partial charge in [-0.25, -0.2) is 17.6 Å². The molecule has 1 aliphatic rings. The Morgan fingerprint density at radius 2 is 1.61 bits per heavy atom. The van der Waals surface area contributed by atoms with Crippen LogP contribution in [-0.4, -0.2) is 0 Å². The van der Waals surface area contributed by atoms with E-state index in [4.69, 9.17) is 0 Å². The molecule has 4 heteroatoms. The lowest BCUT2D eigenvalue weighted by molar-refractivity contribution is 0.421. The minimum absolute atomic E-state index is 0.0254. The lowest BCUT2D eigenvalue weighted by Gasteiger charge is -2.25. The van der Waals surface area contributed by atoms with E-state index in [1.54, 1.807) is 6.07 Å². The van der Waals surface area contributed by atoms with Crippen LogP contribution in [0.5, 0.6) is 0 Å². The van der Waals surface area contributed by atoms with E-state index in [1.807, 2.05) is 0 Å². The first-order valence-corrected chi connectivity index (χ1v) is 7.95. The zero-order chi connectivity index (χ0) is 16.6. The van der Waals surface area contributed by atoms with E-state index in [-0.39, 0.29) is 11.1 Å². The molecule has 23 heavy (non-hydrogen) atoms. The average molecular weight is 322 g/mol. The predicted molar refractivity (Wildman–Crippen MR) is 82.1 cm³/mol. The molecule has 1 atom stereocenters. The van der Waals surface area contributed by atoms with E-state index >= 15 is 0 Å². The van der Waals surface area contributed by atoms with Gasteiger partial charge in [-0.1, -0.05) is 19.8 Å². The molecule has 1 aliphatic carbocycles. The molecule has 0 radical (unpaired) electrons. The summed E-state index contributed by atoms with van der Waals surface area (Å²) in [5, 5.41) is 0. The zero-order valence-electron chi connectivity index (χ0n) is 12.9. The minimum atomic E-state index is -1.53. The van der Waals surface area contributed by atoms with E-state index in [0.717, 1.165) is 55.4 Å². The van der Waals surface area contributed by atoms with Gasteiger partial charge >= 0.3 is 0 Å². The molecule has 0 spiro atoms. The van der Waals surface area contributed by atoms with Crippen molar-refractivity contribution in [2.45, 2.75) is 39.0 Å². The Labute approximate surface area is 133 Å². The molecule has 0 saturated heterocycles. The highest BCUT2D eigenvalue weighted by Crippen LogP contribution is 2.34. The van der Waals surface area contributed by atoms with E-state index in [2.05, 4.69) is 6.92 Å². The molecular formula is C19H18F4. The third-order valence-electron chi connectivity index (χ3n) is 4.61. The third kappa shape index (κ3) is 3.12. The maximum absolute atomic E-state index is 14.4. The summed E-state index contributed by atoms with van der Waals surface area (Å²) in [5.41, 5.74) is 2.13. The smallest absolute Gasteiger partial charge is 0.194 e. The van der Waals surface area contributed by atoms with Crippen LogP contribution < -0.4 is 0 Å². The van der Waals surface area contributed by atoms with Crippen molar-refractivity contribution in [2.24, 2.45) is 5.92 Å². The summed E-state index contributed by atoms with van der Waals surface area (Å²) in [7, 11) is 0. The molecule has 0 saturated carbocycles. The van der Waals surface area contributed by atoms with Crippen molar-refractivity contribution in [3.05, 3.63) is 58.7 Å². The normalized spacial score (nSPS) is 17.2. The second-order valence-corrected chi connectivity index (χ2v) is 6.25. The Morgan fingerprint density at radius 1 is 0.913 bits per heavy atom. The summed E-state index contributed by atoms with van der Waals surface area (Å²) in [4.78, 5) is 0. The number of hydrogen-bond donors (Lipinski definition) is 0. The number of hydrogen-bond acceptors (Lipinski definition) is 0. The fourth-order valence-electron chi connectivity index (χ4n) is 3.44. The van der Waals surface area contributed by atoms with Crippen LogP contribution >= 0.6 is 0 Å². The molecule has 2 aromatic rings. The molecule has 0 fully saturated rings. The Balaban J connectivity index is 2.00. The van der Waals surface area contributed by atoms with Crippen LogP contribution in [0.25, 0.3) is 11.1 Å². The van der Waals surface area contributed by atoms with Crippen LogP contribution in [-0.2, 0) is 12.8 Å². The van der Waals surface area contributed by atoms with Crippen molar-refractivity contribution in [1.29, 1.82) is 0 Å². The molecule has 0 aromatic heterocycles. The van der Waals surface area contributed by atoms with Crippen LogP contribution in [0, 0.1) is 29.2 Å². The zero-order valence-corrected chi connectivity index (χ0v) is 12.9. The summed E-state index contributed by atoms with van der Waals surface area (Å²) >= 11 is 0. The van der Waals surface area contributed by atoms with Crippen molar-refractivity contribution in [3.63, 3.8) is 0 Å². The van der Waals surface area contributed by atoms with Gasteiger partial charge in [0.1, 0.15) is 5.82 Å². The SMILES string of the molecule is CCCC1CCc2cc(-c3cc(F)c(F)c(F)c3)c(F)cc2C1. The van der Waals surface area contributed by atoms with Gasteiger partial charge in [-0.2, -0.15) is 0 Å². The molecule has 0 N–H and O–H groups in total. The van der Waals surface area contributed by atoms with Crippen molar-refractivity contribution in [1.82, 2.24) is 0 Å². The quantitative estimate of drug-likeness (QED) is 0.494. The molecule has 122 valence electrons. The maximum Gasteiger partial charge on any atom is 0.194 e. The topological polar surface area (TPSA) is 0 Å². The number of rotatable bonds is 3. The van der Waals surface area contributed by atoms with E-state index in [0.29, 0.717) is 5.92 Å². The summed E-state index contributed by atoms with van der Waals surface area (Å²) in [6, 6.07) is 4.79. The fourth-order valence-corrected chi connectivity index (χ4v) is 3.44. The van der Waals surface area contributed by atoms with Crippen LogP contribution in [0.3, 0.4) is 0 Å². The summed E-state index contributed by atoms with van der Waals surface area (Å²) < 4.78 is 54.3. The summed E-state index contributed by atoms with van der Waals surface area (Å²) in [6.07, 6.45) is 4.94. The van der Waals surface area contributed by atoms with Gasteiger partial charge < -0.3 is 0 Å². The van der Waals surface area contributed by atoms with Crippen molar-refractivity contribution in [2.75, 3.05) is 0 Å². The molecule has 0 bridgehead atoms. The van der Waals surface area contributed by atoms with Gasteiger partial charge in [0, 0.05) is 5.56 Å². The minimum Gasteiger partial charge on any atom is -0.206 e.